The van der Waals surface area contributed by atoms with Crippen LogP contribution in [0.1, 0.15) is 57.6 Å². The van der Waals surface area contributed by atoms with E-state index in [0.717, 1.165) is 5.69 Å². The van der Waals surface area contributed by atoms with E-state index < -0.39 is 0 Å². The van der Waals surface area contributed by atoms with Gasteiger partial charge in [0.15, 0.2) is 0 Å². The van der Waals surface area contributed by atoms with Crippen molar-refractivity contribution in [1.29, 1.82) is 0 Å². The van der Waals surface area contributed by atoms with Crippen molar-refractivity contribution in [2.75, 3.05) is 38.6 Å². The van der Waals surface area contributed by atoms with Gasteiger partial charge in [0.1, 0.15) is 11.6 Å². The molecule has 0 atom stereocenters. The molecular weight excluding hydrogens is 406 g/mol. The summed E-state index contributed by atoms with van der Waals surface area (Å²) in [6.07, 6.45) is 0. The van der Waals surface area contributed by atoms with Crippen LogP contribution in [0.3, 0.4) is 0 Å². The van der Waals surface area contributed by atoms with E-state index in [0.29, 0.717) is 43.3 Å². The Labute approximate surface area is 190 Å². The van der Waals surface area contributed by atoms with Crippen molar-refractivity contribution in [2.24, 2.45) is 0 Å². The number of nitrogens with one attached hydrogen (secondary N) is 1. The second-order valence-corrected chi connectivity index (χ2v) is 10.2. The molecule has 1 aliphatic heterocycles. The van der Waals surface area contributed by atoms with Crippen molar-refractivity contribution in [1.82, 2.24) is 19.6 Å². The standard InChI is InChI=1S/C24H35N5O3/c1-23(2,3)19-16-20(29(26-19)24(4,5)6)25-22(31)28-13-11-27(12-14-28)21(30)17-9-8-10-18(15-17)32-7/h8-10,15-16H,11-14H2,1-7H3,(H,25,31). The number of methoxy groups -OCH3 is 1. The van der Waals surface area contributed by atoms with Crippen LogP contribution in [0.4, 0.5) is 10.6 Å². The summed E-state index contributed by atoms with van der Waals surface area (Å²) in [4.78, 5) is 29.3. The first-order valence-electron chi connectivity index (χ1n) is 11.0. The maximum Gasteiger partial charge on any atom is 0.323 e. The molecule has 1 aliphatic rings. The van der Waals surface area contributed by atoms with E-state index in [4.69, 9.17) is 9.84 Å². The van der Waals surface area contributed by atoms with Gasteiger partial charge in [-0.25, -0.2) is 9.48 Å². The molecule has 1 aromatic carbocycles. The number of carbonyl (C=O) groups is 2. The molecule has 3 rings (SSSR count). The molecule has 0 spiro atoms. The van der Waals surface area contributed by atoms with Gasteiger partial charge in [0, 0.05) is 43.2 Å². The van der Waals surface area contributed by atoms with Crippen molar-refractivity contribution in [3.63, 3.8) is 0 Å². The molecule has 0 aliphatic carbocycles. The molecule has 8 heteroatoms. The lowest BCUT2D eigenvalue weighted by Gasteiger charge is -2.35. The van der Waals surface area contributed by atoms with Crippen molar-refractivity contribution in [3.05, 3.63) is 41.6 Å². The molecule has 1 saturated heterocycles. The minimum atomic E-state index is -0.270. The number of nitrogens with zero attached hydrogens (tertiary/aromatic N) is 4. The molecule has 1 aromatic heterocycles. The lowest BCUT2D eigenvalue weighted by atomic mass is 9.92. The number of anilines is 1. The van der Waals surface area contributed by atoms with E-state index in [-0.39, 0.29) is 22.9 Å². The van der Waals surface area contributed by atoms with Crippen LogP contribution in [0.2, 0.25) is 0 Å². The fourth-order valence-corrected chi connectivity index (χ4v) is 3.59. The minimum absolute atomic E-state index is 0.0513. The van der Waals surface area contributed by atoms with Gasteiger partial charge in [-0.3, -0.25) is 10.1 Å². The highest BCUT2D eigenvalue weighted by Gasteiger charge is 2.29. The zero-order valence-electron chi connectivity index (χ0n) is 20.2. The van der Waals surface area contributed by atoms with Crippen LogP contribution in [-0.2, 0) is 11.0 Å². The molecule has 0 bridgehead atoms. The van der Waals surface area contributed by atoms with E-state index in [1.165, 1.54) is 0 Å². The minimum Gasteiger partial charge on any atom is -0.497 e. The first kappa shape index (κ1) is 23.6. The molecule has 3 amide bonds. The monoisotopic (exact) mass is 441 g/mol. The third-order valence-corrected chi connectivity index (χ3v) is 5.52. The highest BCUT2D eigenvalue weighted by molar-refractivity contribution is 5.95. The van der Waals surface area contributed by atoms with E-state index in [1.807, 2.05) is 16.8 Å². The molecule has 2 aromatic rings. The highest BCUT2D eigenvalue weighted by Crippen LogP contribution is 2.28. The second kappa shape index (κ2) is 8.84. The Morgan fingerprint density at radius 3 is 2.16 bits per heavy atom. The third-order valence-electron chi connectivity index (χ3n) is 5.52. The maximum atomic E-state index is 13.0. The SMILES string of the molecule is COc1cccc(C(=O)N2CCN(C(=O)Nc3cc(C(C)(C)C)nn3C(C)(C)C)CC2)c1. The molecule has 32 heavy (non-hydrogen) atoms. The molecule has 1 fully saturated rings. The summed E-state index contributed by atoms with van der Waals surface area (Å²) in [6.45, 7) is 14.4. The summed E-state index contributed by atoms with van der Waals surface area (Å²) in [5.74, 6) is 1.28. The Hall–Kier alpha value is -3.03. The average molecular weight is 442 g/mol. The molecular formula is C24H35N5O3. The van der Waals surface area contributed by atoms with Crippen LogP contribution in [0.25, 0.3) is 0 Å². The molecule has 2 heterocycles. The highest BCUT2D eigenvalue weighted by atomic mass is 16.5. The van der Waals surface area contributed by atoms with Crippen LogP contribution >= 0.6 is 0 Å². The first-order valence-corrected chi connectivity index (χ1v) is 11.0. The Bertz CT molecular complexity index is 976. The molecule has 0 unspecified atom stereocenters. The van der Waals surface area contributed by atoms with Crippen molar-refractivity contribution in [2.45, 2.75) is 52.5 Å². The number of ether oxygens (including phenoxy) is 1. The fourth-order valence-electron chi connectivity index (χ4n) is 3.59. The molecule has 0 radical (unpaired) electrons. The quantitative estimate of drug-likeness (QED) is 0.783. The number of aromatic nitrogens is 2. The lowest BCUT2D eigenvalue weighted by molar-refractivity contribution is 0.0671. The van der Waals surface area contributed by atoms with Gasteiger partial charge in [-0.15, -0.1) is 0 Å². The average Bonchev–Trinajstić information content (AvgIpc) is 3.18. The zero-order chi connectivity index (χ0) is 23.7. The summed E-state index contributed by atoms with van der Waals surface area (Å²) in [6, 6.07) is 8.91. The number of hydrogen-bond acceptors (Lipinski definition) is 4. The number of rotatable bonds is 3. The van der Waals surface area contributed by atoms with Gasteiger partial charge < -0.3 is 14.5 Å². The molecule has 8 nitrogen and oxygen atoms in total. The normalized spacial score (nSPS) is 15.0. The largest absolute Gasteiger partial charge is 0.497 e. The zero-order valence-corrected chi connectivity index (χ0v) is 20.2. The molecule has 174 valence electrons. The number of hydrogen-bond donors (Lipinski definition) is 1. The number of carbonyl (C=O) groups excluding carboxylic acids is 2. The van der Waals surface area contributed by atoms with Crippen molar-refractivity contribution < 1.29 is 14.3 Å². The van der Waals surface area contributed by atoms with Gasteiger partial charge >= 0.3 is 6.03 Å². The summed E-state index contributed by atoms with van der Waals surface area (Å²) in [7, 11) is 1.58. The third kappa shape index (κ3) is 5.23. The van der Waals surface area contributed by atoms with E-state index >= 15 is 0 Å². The van der Waals surface area contributed by atoms with Crippen LogP contribution in [0, 0.1) is 0 Å². The van der Waals surface area contributed by atoms with Gasteiger partial charge in [-0.1, -0.05) is 26.8 Å². The van der Waals surface area contributed by atoms with Crippen LogP contribution in [0.5, 0.6) is 5.75 Å². The number of piperazine rings is 1. The summed E-state index contributed by atoms with van der Waals surface area (Å²) in [5, 5.41) is 7.79. The van der Waals surface area contributed by atoms with Gasteiger partial charge in [-0.2, -0.15) is 5.10 Å². The van der Waals surface area contributed by atoms with Crippen LogP contribution in [-0.4, -0.2) is 64.8 Å². The van der Waals surface area contributed by atoms with Crippen molar-refractivity contribution >= 4 is 17.8 Å². The Balaban J connectivity index is 1.66. The van der Waals surface area contributed by atoms with Gasteiger partial charge in [0.2, 0.25) is 0 Å². The first-order chi connectivity index (χ1) is 14.9. The summed E-state index contributed by atoms with van der Waals surface area (Å²) >= 11 is 0. The molecule has 1 N–H and O–H groups in total. The predicted octanol–water partition coefficient (Wildman–Crippen LogP) is 3.93. The van der Waals surface area contributed by atoms with E-state index in [9.17, 15) is 9.59 Å². The Morgan fingerprint density at radius 2 is 1.59 bits per heavy atom. The summed E-state index contributed by atoms with van der Waals surface area (Å²) in [5.41, 5.74) is 1.12. The smallest absolute Gasteiger partial charge is 0.323 e. The fraction of sp³-hybridized carbons (Fsp3) is 0.542. The number of urea groups is 1. The van der Waals surface area contributed by atoms with Gasteiger partial charge in [0.25, 0.3) is 5.91 Å². The Morgan fingerprint density at radius 1 is 0.969 bits per heavy atom. The van der Waals surface area contributed by atoms with Crippen LogP contribution < -0.4 is 10.1 Å². The lowest BCUT2D eigenvalue weighted by Crippen LogP contribution is -2.51. The number of amides is 3. The van der Waals surface area contributed by atoms with Gasteiger partial charge in [-0.05, 0) is 39.0 Å². The van der Waals surface area contributed by atoms with Crippen LogP contribution in [0.15, 0.2) is 30.3 Å². The summed E-state index contributed by atoms with van der Waals surface area (Å²) < 4.78 is 7.08. The van der Waals surface area contributed by atoms with E-state index in [2.05, 4.69) is 46.9 Å². The van der Waals surface area contributed by atoms with E-state index in [1.54, 1.807) is 35.1 Å². The topological polar surface area (TPSA) is 79.7 Å². The molecule has 0 saturated carbocycles. The predicted molar refractivity (Wildman–Crippen MR) is 125 cm³/mol. The maximum absolute atomic E-state index is 13.0. The number of benzene rings is 1. The Kier molecular flexibility index (Phi) is 6.53. The second-order valence-electron chi connectivity index (χ2n) is 10.2. The van der Waals surface area contributed by atoms with Crippen molar-refractivity contribution in [3.8, 4) is 5.75 Å². The van der Waals surface area contributed by atoms with Gasteiger partial charge in [0.05, 0.1) is 18.3 Å².